The van der Waals surface area contributed by atoms with Gasteiger partial charge in [0.2, 0.25) is 5.91 Å². The number of nitrogens with one attached hydrogen (secondary N) is 1. The lowest BCUT2D eigenvalue weighted by molar-refractivity contribution is -0.274. The maximum absolute atomic E-state index is 12.2. The third kappa shape index (κ3) is 1.85. The average molecular weight is 292 g/mol. The minimum Gasteiger partial charge on any atom is -0.406 e. The molecule has 1 aliphatic heterocycles. The minimum absolute atomic E-state index is 0.0310. The van der Waals surface area contributed by atoms with Crippen molar-refractivity contribution in [2.75, 3.05) is 11.2 Å². The Bertz CT molecular complexity index is 560. The molecule has 3 rings (SSSR count). The van der Waals surface area contributed by atoms with Gasteiger partial charge in [0.25, 0.3) is 0 Å². The molecule has 19 heavy (non-hydrogen) atoms. The monoisotopic (exact) mass is 291 g/mol. The number of carbonyl (C=O) groups excluding carboxylic acids is 1. The Kier molecular flexibility index (Phi) is 2.51. The van der Waals surface area contributed by atoms with E-state index in [2.05, 4.69) is 10.1 Å². The summed E-state index contributed by atoms with van der Waals surface area (Å²) >= 11 is 5.76. The summed E-state index contributed by atoms with van der Waals surface area (Å²) in [6.07, 6.45) is -4.18. The van der Waals surface area contributed by atoms with Crippen LogP contribution in [0.5, 0.6) is 5.75 Å². The van der Waals surface area contributed by atoms with Gasteiger partial charge in [0, 0.05) is 11.6 Å². The molecule has 1 fully saturated rings. The molecule has 2 atom stereocenters. The Balaban J connectivity index is 1.98. The lowest BCUT2D eigenvalue weighted by Crippen LogP contribution is -2.22. The number of fused-ring (bicyclic) bond motifs is 2. The summed E-state index contributed by atoms with van der Waals surface area (Å²) in [7, 11) is 0. The summed E-state index contributed by atoms with van der Waals surface area (Å²) in [6.45, 7) is 0. The number of rotatable bonds is 2. The first kappa shape index (κ1) is 12.6. The minimum atomic E-state index is -4.74. The predicted octanol–water partition coefficient (Wildman–Crippen LogP) is 3.03. The second-order valence-corrected chi connectivity index (χ2v) is 5.04. The Labute approximate surface area is 111 Å². The number of ether oxygens (including phenoxy) is 1. The maximum Gasteiger partial charge on any atom is 0.573 e. The van der Waals surface area contributed by atoms with Gasteiger partial charge < -0.3 is 10.1 Å². The molecule has 1 amide bonds. The van der Waals surface area contributed by atoms with E-state index in [9.17, 15) is 18.0 Å². The first-order valence-corrected chi connectivity index (χ1v) is 6.18. The van der Waals surface area contributed by atoms with Crippen LogP contribution in [0.1, 0.15) is 12.0 Å². The molecule has 0 radical (unpaired) electrons. The quantitative estimate of drug-likeness (QED) is 0.851. The number of benzene rings is 1. The van der Waals surface area contributed by atoms with Gasteiger partial charge in [0.1, 0.15) is 5.75 Å². The zero-order valence-corrected chi connectivity index (χ0v) is 10.3. The molecule has 1 saturated carbocycles. The van der Waals surface area contributed by atoms with Gasteiger partial charge in [-0.05, 0) is 36.1 Å². The Morgan fingerprint density at radius 2 is 2.21 bits per heavy atom. The first-order valence-electron chi connectivity index (χ1n) is 5.64. The smallest absolute Gasteiger partial charge is 0.406 e. The topological polar surface area (TPSA) is 38.3 Å². The van der Waals surface area contributed by atoms with Crippen molar-refractivity contribution < 1.29 is 22.7 Å². The van der Waals surface area contributed by atoms with Crippen molar-refractivity contribution >= 4 is 23.2 Å². The largest absolute Gasteiger partial charge is 0.573 e. The zero-order chi connectivity index (χ0) is 13.8. The van der Waals surface area contributed by atoms with Gasteiger partial charge in [-0.2, -0.15) is 0 Å². The summed E-state index contributed by atoms with van der Waals surface area (Å²) in [5.74, 6) is -0.242. The average Bonchev–Trinajstić information content (AvgIpc) is 2.98. The van der Waals surface area contributed by atoms with E-state index in [0.717, 1.165) is 0 Å². The van der Waals surface area contributed by atoms with Crippen LogP contribution >= 0.6 is 11.6 Å². The normalized spacial score (nSPS) is 28.2. The summed E-state index contributed by atoms with van der Waals surface area (Å²) in [6, 6.07) is 3.88. The number of halogens is 4. The number of hydrogen-bond donors (Lipinski definition) is 1. The highest BCUT2D eigenvalue weighted by Gasteiger charge is 2.64. The summed E-state index contributed by atoms with van der Waals surface area (Å²) in [4.78, 5) is 11.9. The fraction of sp³-hybridized carbons (Fsp3) is 0.417. The SMILES string of the molecule is O=C1Nc2ccc(OC(F)(F)F)cc2[C@]12C[C@H]2CCl. The van der Waals surface area contributed by atoms with Crippen molar-refractivity contribution in [3.63, 3.8) is 0 Å². The third-order valence-electron chi connectivity index (χ3n) is 3.65. The molecule has 0 saturated heterocycles. The molecular weight excluding hydrogens is 283 g/mol. The summed E-state index contributed by atoms with van der Waals surface area (Å²) < 4.78 is 40.5. The van der Waals surface area contributed by atoms with Gasteiger partial charge >= 0.3 is 6.36 Å². The molecule has 2 aliphatic rings. The van der Waals surface area contributed by atoms with Gasteiger partial charge in [-0.15, -0.1) is 24.8 Å². The van der Waals surface area contributed by atoms with Crippen molar-refractivity contribution in [3.8, 4) is 5.75 Å². The van der Waals surface area contributed by atoms with Crippen LogP contribution in [0, 0.1) is 5.92 Å². The van der Waals surface area contributed by atoms with Crippen molar-refractivity contribution in [2.24, 2.45) is 5.92 Å². The van der Waals surface area contributed by atoms with Crippen LogP contribution in [0.3, 0.4) is 0 Å². The van der Waals surface area contributed by atoms with E-state index in [1.54, 1.807) is 0 Å². The molecule has 102 valence electrons. The van der Waals surface area contributed by atoms with Crippen LogP contribution in [0.25, 0.3) is 0 Å². The Morgan fingerprint density at radius 1 is 1.47 bits per heavy atom. The van der Waals surface area contributed by atoms with E-state index in [1.165, 1.54) is 18.2 Å². The van der Waals surface area contributed by atoms with E-state index < -0.39 is 11.8 Å². The molecule has 1 spiro atoms. The molecule has 7 heteroatoms. The second-order valence-electron chi connectivity index (χ2n) is 4.74. The fourth-order valence-corrected chi connectivity index (χ4v) is 3.05. The number of hydrogen-bond acceptors (Lipinski definition) is 2. The van der Waals surface area contributed by atoms with Gasteiger partial charge in [-0.25, -0.2) is 0 Å². The molecule has 1 aromatic rings. The number of alkyl halides is 4. The molecule has 1 aromatic carbocycles. The predicted molar refractivity (Wildman–Crippen MR) is 62.3 cm³/mol. The van der Waals surface area contributed by atoms with Crippen LogP contribution in [0.2, 0.25) is 0 Å². The van der Waals surface area contributed by atoms with Crippen molar-refractivity contribution in [1.82, 2.24) is 0 Å². The lowest BCUT2D eigenvalue weighted by Gasteiger charge is -2.12. The van der Waals surface area contributed by atoms with Crippen molar-refractivity contribution in [2.45, 2.75) is 18.2 Å². The molecule has 3 nitrogen and oxygen atoms in total. The van der Waals surface area contributed by atoms with Gasteiger partial charge in [-0.1, -0.05) is 0 Å². The molecule has 1 N–H and O–H groups in total. The van der Waals surface area contributed by atoms with E-state index in [0.29, 0.717) is 23.6 Å². The summed E-state index contributed by atoms with van der Waals surface area (Å²) in [5.41, 5.74) is 0.319. The van der Waals surface area contributed by atoms with Crippen LogP contribution in [0.4, 0.5) is 18.9 Å². The lowest BCUT2D eigenvalue weighted by atomic mass is 9.95. The molecule has 0 bridgehead atoms. The number of anilines is 1. The maximum atomic E-state index is 12.2. The van der Waals surface area contributed by atoms with Crippen molar-refractivity contribution in [3.05, 3.63) is 23.8 Å². The highest BCUT2D eigenvalue weighted by molar-refractivity contribution is 6.19. The highest BCUT2D eigenvalue weighted by Crippen LogP contribution is 2.60. The van der Waals surface area contributed by atoms with Crippen LogP contribution in [-0.4, -0.2) is 18.1 Å². The fourth-order valence-electron chi connectivity index (χ4n) is 2.68. The molecule has 1 aliphatic carbocycles. The molecular formula is C12H9ClF3NO2. The van der Waals surface area contributed by atoms with Crippen molar-refractivity contribution in [1.29, 1.82) is 0 Å². The standard InChI is InChI=1S/C12H9ClF3NO2/c13-5-6-4-11(6)8-3-7(19-12(14,15)16)1-2-9(8)17-10(11)18/h1-3,6H,4-5H2,(H,17,18)/t6-,11+/m0/s1. The first-order chi connectivity index (χ1) is 8.87. The van der Waals surface area contributed by atoms with E-state index >= 15 is 0 Å². The zero-order valence-electron chi connectivity index (χ0n) is 9.55. The highest BCUT2D eigenvalue weighted by atomic mass is 35.5. The number of amides is 1. The second kappa shape index (κ2) is 3.79. The third-order valence-corrected chi connectivity index (χ3v) is 4.02. The van der Waals surface area contributed by atoms with E-state index in [4.69, 9.17) is 11.6 Å². The number of carbonyl (C=O) groups is 1. The van der Waals surface area contributed by atoms with Gasteiger partial charge in [0.05, 0.1) is 5.41 Å². The van der Waals surface area contributed by atoms with E-state index in [-0.39, 0.29) is 17.6 Å². The van der Waals surface area contributed by atoms with E-state index in [1.807, 2.05) is 0 Å². The van der Waals surface area contributed by atoms with Crippen LogP contribution < -0.4 is 10.1 Å². The van der Waals surface area contributed by atoms with Gasteiger partial charge in [-0.3, -0.25) is 4.79 Å². The molecule has 0 aromatic heterocycles. The van der Waals surface area contributed by atoms with Gasteiger partial charge in [0.15, 0.2) is 0 Å². The van der Waals surface area contributed by atoms with Crippen LogP contribution in [-0.2, 0) is 10.2 Å². The Morgan fingerprint density at radius 3 is 2.79 bits per heavy atom. The summed E-state index contributed by atoms with van der Waals surface area (Å²) in [5, 5.41) is 2.67. The molecule has 1 heterocycles. The molecule has 0 unspecified atom stereocenters. The van der Waals surface area contributed by atoms with Crippen LogP contribution in [0.15, 0.2) is 18.2 Å². The Hall–Kier alpha value is -1.43.